The van der Waals surface area contributed by atoms with Crippen LogP contribution in [0.3, 0.4) is 0 Å². The average molecular weight is 432 g/mol. The zero-order valence-corrected chi connectivity index (χ0v) is 19.5. The molecule has 10 heteroatoms. The van der Waals surface area contributed by atoms with E-state index in [1.807, 2.05) is 27.7 Å². The number of rotatable bonds is 13. The molecule has 0 saturated carbocycles. The highest BCUT2D eigenvalue weighted by Crippen LogP contribution is 2.16. The van der Waals surface area contributed by atoms with Crippen molar-refractivity contribution >= 4 is 18.0 Å². The summed E-state index contributed by atoms with van der Waals surface area (Å²) < 4.78 is 10.0. The van der Waals surface area contributed by atoms with Gasteiger partial charge < -0.3 is 31.6 Å². The number of Topliss-reactive ketones (excluding diaryl/α,β-unsaturated/α-hetero) is 1. The molecule has 0 bridgehead atoms. The van der Waals surface area contributed by atoms with Crippen molar-refractivity contribution in [1.29, 1.82) is 0 Å². The number of nitrogens with one attached hydrogen (secondary N) is 3. The SMILES string of the molecule is CCC(C)(NC(COC(N)=O)COC(=O)NC(C)C)C(=O)C(N)CCNC(C)(C)C. The summed E-state index contributed by atoms with van der Waals surface area (Å²) in [6.07, 6.45) is -0.645. The number of primary amides is 1. The molecule has 0 saturated heterocycles. The molecule has 0 aromatic heterocycles. The third-order valence-electron chi connectivity index (χ3n) is 4.47. The standard InChI is InChI=1S/C20H41N5O5/c1-8-20(7,16(26)15(21)9-10-23-19(4,5)6)25-14(11-29-17(22)27)12-30-18(28)24-13(2)3/h13-15,23,25H,8-12,21H2,1-7H3,(H2,22,27)(H,24,28). The normalized spacial score (nSPS) is 15.8. The van der Waals surface area contributed by atoms with Crippen LogP contribution in [0.2, 0.25) is 0 Å². The van der Waals surface area contributed by atoms with E-state index in [0.717, 1.165) is 0 Å². The molecule has 0 aromatic rings. The lowest BCUT2D eigenvalue weighted by Gasteiger charge is -2.35. The quantitative estimate of drug-likeness (QED) is 0.289. The van der Waals surface area contributed by atoms with Gasteiger partial charge in [-0.15, -0.1) is 0 Å². The van der Waals surface area contributed by atoms with Crippen molar-refractivity contribution in [3.63, 3.8) is 0 Å². The number of ketones is 1. The molecule has 0 aliphatic heterocycles. The minimum absolute atomic E-state index is 0.0693. The number of hydrogen-bond donors (Lipinski definition) is 5. The second-order valence-electron chi connectivity index (χ2n) is 8.99. The molecule has 7 N–H and O–H groups in total. The third-order valence-corrected chi connectivity index (χ3v) is 4.47. The van der Waals surface area contributed by atoms with Crippen LogP contribution >= 0.6 is 0 Å². The lowest BCUT2D eigenvalue weighted by Crippen LogP contribution is -2.60. The average Bonchev–Trinajstić information content (AvgIpc) is 2.61. The predicted octanol–water partition coefficient (Wildman–Crippen LogP) is 1.02. The molecule has 0 rings (SSSR count). The number of hydrogen-bond acceptors (Lipinski definition) is 8. The second-order valence-corrected chi connectivity index (χ2v) is 8.99. The van der Waals surface area contributed by atoms with E-state index in [9.17, 15) is 14.4 Å². The molecule has 0 fully saturated rings. The highest BCUT2D eigenvalue weighted by molar-refractivity contribution is 5.92. The molecule has 0 aliphatic rings. The Morgan fingerprint density at radius 2 is 1.60 bits per heavy atom. The zero-order chi connectivity index (χ0) is 23.5. The Kier molecular flexibility index (Phi) is 11.9. The number of amides is 2. The molecule has 0 heterocycles. The van der Waals surface area contributed by atoms with Crippen LogP contribution in [-0.2, 0) is 14.3 Å². The monoisotopic (exact) mass is 431 g/mol. The van der Waals surface area contributed by atoms with Crippen LogP contribution in [0.4, 0.5) is 9.59 Å². The van der Waals surface area contributed by atoms with Crippen LogP contribution in [0.5, 0.6) is 0 Å². The summed E-state index contributed by atoms with van der Waals surface area (Å²) in [5.41, 5.74) is 10.1. The fraction of sp³-hybridized carbons (Fsp3) is 0.850. The first kappa shape index (κ1) is 28.1. The summed E-state index contributed by atoms with van der Waals surface area (Å²) >= 11 is 0. The number of ether oxygens (including phenoxy) is 2. The Labute approximate surface area is 180 Å². The molecule has 10 nitrogen and oxygen atoms in total. The Morgan fingerprint density at radius 3 is 2.07 bits per heavy atom. The lowest BCUT2D eigenvalue weighted by molar-refractivity contribution is -0.127. The first-order valence-electron chi connectivity index (χ1n) is 10.4. The van der Waals surface area contributed by atoms with Gasteiger partial charge in [-0.3, -0.25) is 10.1 Å². The van der Waals surface area contributed by atoms with Crippen LogP contribution in [0, 0.1) is 0 Å². The molecule has 176 valence electrons. The first-order valence-corrected chi connectivity index (χ1v) is 10.4. The number of carbonyl (C=O) groups is 3. The van der Waals surface area contributed by atoms with Gasteiger partial charge in [0.25, 0.3) is 0 Å². The minimum atomic E-state index is -0.995. The summed E-state index contributed by atoms with van der Waals surface area (Å²) in [6.45, 7) is 13.6. The van der Waals surface area contributed by atoms with Crippen LogP contribution in [0.25, 0.3) is 0 Å². The number of alkyl carbamates (subject to hydrolysis) is 1. The Morgan fingerprint density at radius 1 is 1.03 bits per heavy atom. The van der Waals surface area contributed by atoms with Crippen molar-refractivity contribution in [2.75, 3.05) is 19.8 Å². The van der Waals surface area contributed by atoms with Crippen molar-refractivity contribution in [3.05, 3.63) is 0 Å². The van der Waals surface area contributed by atoms with Crippen LogP contribution in [0.1, 0.15) is 61.3 Å². The molecule has 0 aromatic carbocycles. The third kappa shape index (κ3) is 11.9. The molecule has 2 amide bonds. The maximum absolute atomic E-state index is 13.0. The molecular formula is C20H41N5O5. The van der Waals surface area contributed by atoms with Crippen molar-refractivity contribution in [1.82, 2.24) is 16.0 Å². The number of carbonyl (C=O) groups excluding carboxylic acids is 3. The van der Waals surface area contributed by atoms with Gasteiger partial charge in [0.1, 0.15) is 13.2 Å². The van der Waals surface area contributed by atoms with Gasteiger partial charge in [0.05, 0.1) is 17.6 Å². The van der Waals surface area contributed by atoms with E-state index < -0.39 is 29.8 Å². The van der Waals surface area contributed by atoms with E-state index in [-0.39, 0.29) is 30.6 Å². The highest BCUT2D eigenvalue weighted by atomic mass is 16.6. The molecule has 30 heavy (non-hydrogen) atoms. The van der Waals surface area contributed by atoms with Crippen molar-refractivity contribution in [2.24, 2.45) is 11.5 Å². The van der Waals surface area contributed by atoms with Crippen LogP contribution < -0.4 is 27.4 Å². The summed E-state index contributed by atoms with van der Waals surface area (Å²) in [4.78, 5) is 35.8. The van der Waals surface area contributed by atoms with E-state index in [2.05, 4.69) is 16.0 Å². The molecule has 0 spiro atoms. The fourth-order valence-electron chi connectivity index (χ4n) is 2.71. The van der Waals surface area contributed by atoms with Gasteiger partial charge in [0, 0.05) is 11.6 Å². The fourth-order valence-corrected chi connectivity index (χ4v) is 2.71. The Balaban J connectivity index is 5.09. The maximum Gasteiger partial charge on any atom is 0.407 e. The Hall–Kier alpha value is -1.91. The summed E-state index contributed by atoms with van der Waals surface area (Å²) in [5, 5.41) is 9.06. The lowest BCUT2D eigenvalue weighted by atomic mass is 9.87. The molecular weight excluding hydrogens is 390 g/mol. The van der Waals surface area contributed by atoms with Gasteiger partial charge in [0.2, 0.25) is 0 Å². The first-order chi connectivity index (χ1) is 13.7. The van der Waals surface area contributed by atoms with Crippen LogP contribution in [-0.4, -0.2) is 66.9 Å². The minimum Gasteiger partial charge on any atom is -0.448 e. The van der Waals surface area contributed by atoms with Crippen LogP contribution in [0.15, 0.2) is 0 Å². The summed E-state index contributed by atoms with van der Waals surface area (Å²) in [6, 6.07) is -1.41. The molecule has 3 unspecified atom stereocenters. The molecule has 0 radical (unpaired) electrons. The van der Waals surface area contributed by atoms with Gasteiger partial charge in [-0.05, 0) is 60.9 Å². The summed E-state index contributed by atoms with van der Waals surface area (Å²) in [7, 11) is 0. The number of nitrogens with two attached hydrogens (primary N) is 2. The van der Waals surface area contributed by atoms with Gasteiger partial charge >= 0.3 is 12.2 Å². The summed E-state index contributed by atoms with van der Waals surface area (Å²) in [5.74, 6) is -0.170. The van der Waals surface area contributed by atoms with Crippen molar-refractivity contribution in [2.45, 2.75) is 90.5 Å². The molecule has 3 atom stereocenters. The maximum atomic E-state index is 13.0. The van der Waals surface area contributed by atoms with E-state index in [1.165, 1.54) is 0 Å². The van der Waals surface area contributed by atoms with Crippen molar-refractivity contribution in [3.8, 4) is 0 Å². The Bertz CT molecular complexity index is 564. The smallest absolute Gasteiger partial charge is 0.407 e. The van der Waals surface area contributed by atoms with E-state index >= 15 is 0 Å². The topological polar surface area (TPSA) is 158 Å². The van der Waals surface area contributed by atoms with E-state index in [1.54, 1.807) is 20.8 Å². The largest absolute Gasteiger partial charge is 0.448 e. The van der Waals surface area contributed by atoms with Gasteiger partial charge in [0.15, 0.2) is 5.78 Å². The van der Waals surface area contributed by atoms with Gasteiger partial charge in [-0.25, -0.2) is 9.59 Å². The molecule has 0 aliphatic carbocycles. The highest BCUT2D eigenvalue weighted by Gasteiger charge is 2.37. The van der Waals surface area contributed by atoms with Gasteiger partial charge in [-0.1, -0.05) is 6.92 Å². The van der Waals surface area contributed by atoms with Crippen molar-refractivity contribution < 1.29 is 23.9 Å². The van der Waals surface area contributed by atoms with E-state index in [0.29, 0.717) is 19.4 Å². The predicted molar refractivity (Wildman–Crippen MR) is 116 cm³/mol. The zero-order valence-electron chi connectivity index (χ0n) is 19.5. The van der Waals surface area contributed by atoms with E-state index in [4.69, 9.17) is 20.9 Å². The second kappa shape index (κ2) is 12.7. The van der Waals surface area contributed by atoms with Gasteiger partial charge in [-0.2, -0.15) is 0 Å².